The summed E-state index contributed by atoms with van der Waals surface area (Å²) in [4.78, 5) is 21.8. The Kier molecular flexibility index (Phi) is 4.98. The molecule has 0 saturated carbocycles. The van der Waals surface area contributed by atoms with E-state index >= 15 is 0 Å². The smallest absolute Gasteiger partial charge is 0.322 e. The van der Waals surface area contributed by atoms with Gasteiger partial charge in [-0.05, 0) is 19.1 Å². The van der Waals surface area contributed by atoms with E-state index in [0.717, 1.165) is 0 Å². The number of carboxylic acid groups (broad SMARTS) is 1. The number of ether oxygens (including phenoxy) is 2. The molecule has 0 aromatic heterocycles. The highest BCUT2D eigenvalue weighted by Gasteiger charge is 2.16. The lowest BCUT2D eigenvalue weighted by molar-refractivity contribution is -0.139. The maximum Gasteiger partial charge on any atom is 0.322 e. The molecule has 0 aliphatic rings. The summed E-state index contributed by atoms with van der Waals surface area (Å²) in [5, 5.41) is 10.7. The maximum atomic E-state index is 11.5. The monoisotopic (exact) mass is 253 g/mol. The molecule has 18 heavy (non-hydrogen) atoms. The quantitative estimate of drug-likeness (QED) is 0.778. The number of hydrogen-bond donors (Lipinski definition) is 2. The van der Waals surface area contributed by atoms with Gasteiger partial charge in [-0.25, -0.2) is 0 Å². The molecule has 0 heterocycles. The molecule has 1 rings (SSSR count). The number of para-hydroxylation sites is 2. The van der Waals surface area contributed by atoms with Gasteiger partial charge in [0.1, 0.15) is 6.54 Å². The lowest BCUT2D eigenvalue weighted by atomic mass is 10.3. The second kappa shape index (κ2) is 6.48. The first-order valence-corrected chi connectivity index (χ1v) is 5.33. The molecular weight excluding hydrogens is 238 g/mol. The van der Waals surface area contributed by atoms with Crippen LogP contribution in [0.4, 0.5) is 0 Å². The number of rotatable bonds is 6. The first kappa shape index (κ1) is 13.8. The molecule has 0 bridgehead atoms. The highest BCUT2D eigenvalue weighted by atomic mass is 16.5. The minimum atomic E-state index is -1.10. The van der Waals surface area contributed by atoms with Crippen LogP contribution in [0.1, 0.15) is 6.92 Å². The maximum absolute atomic E-state index is 11.5. The number of carboxylic acids is 1. The summed E-state index contributed by atoms with van der Waals surface area (Å²) in [6.45, 7) is 1.10. The van der Waals surface area contributed by atoms with E-state index in [9.17, 15) is 9.59 Å². The Bertz CT molecular complexity index is 432. The van der Waals surface area contributed by atoms with Gasteiger partial charge < -0.3 is 19.9 Å². The third-order valence-corrected chi connectivity index (χ3v) is 2.16. The lowest BCUT2D eigenvalue weighted by Gasteiger charge is -2.15. The van der Waals surface area contributed by atoms with E-state index in [-0.39, 0.29) is 0 Å². The SMILES string of the molecule is COc1ccccc1OC(C)C(=O)NCC(=O)O. The van der Waals surface area contributed by atoms with Gasteiger partial charge in [0.15, 0.2) is 17.6 Å². The van der Waals surface area contributed by atoms with Gasteiger partial charge in [-0.15, -0.1) is 0 Å². The Morgan fingerprint density at radius 2 is 1.94 bits per heavy atom. The highest BCUT2D eigenvalue weighted by molar-refractivity contribution is 5.84. The van der Waals surface area contributed by atoms with Crippen LogP contribution in [-0.2, 0) is 9.59 Å². The molecule has 1 aromatic carbocycles. The zero-order valence-electron chi connectivity index (χ0n) is 10.2. The predicted molar refractivity (Wildman–Crippen MR) is 63.7 cm³/mol. The summed E-state index contributed by atoms with van der Waals surface area (Å²) in [5.41, 5.74) is 0. The van der Waals surface area contributed by atoms with Crippen molar-refractivity contribution in [2.75, 3.05) is 13.7 Å². The molecule has 0 aliphatic heterocycles. The Labute approximate surface area is 105 Å². The van der Waals surface area contributed by atoms with Gasteiger partial charge in [-0.3, -0.25) is 9.59 Å². The van der Waals surface area contributed by atoms with Crippen molar-refractivity contribution in [2.45, 2.75) is 13.0 Å². The molecule has 0 radical (unpaired) electrons. The Morgan fingerprint density at radius 3 is 2.50 bits per heavy atom. The number of nitrogens with one attached hydrogen (secondary N) is 1. The molecule has 1 amide bonds. The molecule has 0 spiro atoms. The van der Waals surface area contributed by atoms with Crippen molar-refractivity contribution in [3.63, 3.8) is 0 Å². The van der Waals surface area contributed by atoms with Crippen LogP contribution in [0, 0.1) is 0 Å². The summed E-state index contributed by atoms with van der Waals surface area (Å²) in [5.74, 6) is -0.662. The van der Waals surface area contributed by atoms with E-state index in [1.165, 1.54) is 14.0 Å². The van der Waals surface area contributed by atoms with Crippen LogP contribution in [0.3, 0.4) is 0 Å². The highest BCUT2D eigenvalue weighted by Crippen LogP contribution is 2.26. The van der Waals surface area contributed by atoms with Gasteiger partial charge in [0, 0.05) is 0 Å². The van der Waals surface area contributed by atoms with Crippen LogP contribution in [-0.4, -0.2) is 36.7 Å². The van der Waals surface area contributed by atoms with E-state index in [2.05, 4.69) is 5.32 Å². The minimum Gasteiger partial charge on any atom is -0.493 e. The van der Waals surface area contributed by atoms with Gasteiger partial charge in [0.2, 0.25) is 0 Å². The van der Waals surface area contributed by atoms with Crippen LogP contribution in [0.25, 0.3) is 0 Å². The number of methoxy groups -OCH3 is 1. The molecule has 1 atom stereocenters. The Morgan fingerprint density at radius 1 is 1.33 bits per heavy atom. The zero-order chi connectivity index (χ0) is 13.5. The van der Waals surface area contributed by atoms with Crippen LogP contribution >= 0.6 is 0 Å². The fourth-order valence-electron chi connectivity index (χ4n) is 1.27. The molecule has 6 nitrogen and oxygen atoms in total. The second-order valence-electron chi connectivity index (χ2n) is 3.52. The van der Waals surface area contributed by atoms with Crippen molar-refractivity contribution in [3.05, 3.63) is 24.3 Å². The van der Waals surface area contributed by atoms with Crippen LogP contribution in [0.2, 0.25) is 0 Å². The van der Waals surface area contributed by atoms with Crippen molar-refractivity contribution >= 4 is 11.9 Å². The number of carbonyl (C=O) groups excluding carboxylic acids is 1. The minimum absolute atomic E-state index is 0.429. The van der Waals surface area contributed by atoms with E-state index in [1.807, 2.05) is 0 Å². The third-order valence-electron chi connectivity index (χ3n) is 2.16. The van der Waals surface area contributed by atoms with E-state index in [4.69, 9.17) is 14.6 Å². The van der Waals surface area contributed by atoms with Crippen molar-refractivity contribution in [1.29, 1.82) is 0 Å². The van der Waals surface area contributed by atoms with Crippen LogP contribution < -0.4 is 14.8 Å². The second-order valence-corrected chi connectivity index (χ2v) is 3.52. The molecular formula is C12H15NO5. The average molecular weight is 253 g/mol. The zero-order valence-corrected chi connectivity index (χ0v) is 10.2. The van der Waals surface area contributed by atoms with Crippen molar-refractivity contribution < 1.29 is 24.2 Å². The Hall–Kier alpha value is -2.24. The molecule has 0 aliphatic carbocycles. The molecule has 0 saturated heterocycles. The molecule has 1 unspecified atom stereocenters. The summed E-state index contributed by atoms with van der Waals surface area (Å²) < 4.78 is 10.5. The van der Waals surface area contributed by atoms with E-state index in [1.54, 1.807) is 24.3 Å². The van der Waals surface area contributed by atoms with Crippen LogP contribution in [0.5, 0.6) is 11.5 Å². The van der Waals surface area contributed by atoms with Gasteiger partial charge >= 0.3 is 5.97 Å². The first-order valence-electron chi connectivity index (χ1n) is 5.33. The number of aliphatic carboxylic acids is 1. The van der Waals surface area contributed by atoms with Crippen molar-refractivity contribution in [3.8, 4) is 11.5 Å². The van der Waals surface area contributed by atoms with E-state index in [0.29, 0.717) is 11.5 Å². The summed E-state index contributed by atoms with van der Waals surface area (Å²) >= 11 is 0. The summed E-state index contributed by atoms with van der Waals surface area (Å²) in [6.07, 6.45) is -0.805. The average Bonchev–Trinajstić information content (AvgIpc) is 2.36. The fourth-order valence-corrected chi connectivity index (χ4v) is 1.27. The first-order chi connectivity index (χ1) is 8.54. The number of carbonyl (C=O) groups is 2. The molecule has 2 N–H and O–H groups in total. The van der Waals surface area contributed by atoms with Crippen LogP contribution in [0.15, 0.2) is 24.3 Å². The van der Waals surface area contributed by atoms with Gasteiger partial charge in [-0.2, -0.15) is 0 Å². The standard InChI is InChI=1S/C12H15NO5/c1-8(12(16)13-7-11(14)15)18-10-6-4-3-5-9(10)17-2/h3-6,8H,7H2,1-2H3,(H,13,16)(H,14,15). The van der Waals surface area contributed by atoms with Gasteiger partial charge in [0.05, 0.1) is 7.11 Å². The number of amides is 1. The lowest BCUT2D eigenvalue weighted by Crippen LogP contribution is -2.39. The van der Waals surface area contributed by atoms with Crippen molar-refractivity contribution in [1.82, 2.24) is 5.32 Å². The third kappa shape index (κ3) is 3.97. The number of hydrogen-bond acceptors (Lipinski definition) is 4. The van der Waals surface area contributed by atoms with Gasteiger partial charge in [-0.1, -0.05) is 12.1 Å². The molecule has 6 heteroatoms. The largest absolute Gasteiger partial charge is 0.493 e. The molecule has 0 fully saturated rings. The fraction of sp³-hybridized carbons (Fsp3) is 0.333. The Balaban J connectivity index is 2.60. The van der Waals surface area contributed by atoms with E-state index < -0.39 is 24.5 Å². The summed E-state index contributed by atoms with van der Waals surface area (Å²) in [7, 11) is 1.50. The molecule has 1 aromatic rings. The summed E-state index contributed by atoms with van der Waals surface area (Å²) in [6, 6.07) is 6.90. The molecule has 98 valence electrons. The number of benzene rings is 1. The van der Waals surface area contributed by atoms with Crippen molar-refractivity contribution in [2.24, 2.45) is 0 Å². The normalized spacial score (nSPS) is 11.4. The predicted octanol–water partition coefficient (Wildman–Crippen LogP) is 0.663. The van der Waals surface area contributed by atoms with Gasteiger partial charge in [0.25, 0.3) is 5.91 Å². The topological polar surface area (TPSA) is 84.9 Å².